The molecular weight excluding hydrogens is 389 g/mol. The number of alkyl halides is 1. The summed E-state index contributed by atoms with van der Waals surface area (Å²) in [6.07, 6.45) is 2.53. The molecule has 31 heavy (non-hydrogen) atoms. The van der Waals surface area contributed by atoms with Gasteiger partial charge in [0, 0.05) is 50.7 Å². The summed E-state index contributed by atoms with van der Waals surface area (Å²) in [7, 11) is 1.44. The Morgan fingerprint density at radius 3 is 2.45 bits per heavy atom. The molecule has 0 amide bonds. The van der Waals surface area contributed by atoms with Crippen molar-refractivity contribution in [3.05, 3.63) is 95.3 Å². The Bertz CT molecular complexity index is 937. The number of benzene rings is 2. The molecule has 0 radical (unpaired) electrons. The summed E-state index contributed by atoms with van der Waals surface area (Å²) in [4.78, 5) is 6.87. The molecule has 4 nitrogen and oxygen atoms in total. The van der Waals surface area contributed by atoms with Crippen molar-refractivity contribution in [2.45, 2.75) is 25.1 Å². The van der Waals surface area contributed by atoms with Gasteiger partial charge in [-0.3, -0.25) is 4.98 Å². The number of rotatable bonds is 7. The number of hydrogen-bond acceptors (Lipinski definition) is 4. The summed E-state index contributed by atoms with van der Waals surface area (Å²) in [5.41, 5.74) is 4.30. The van der Waals surface area contributed by atoms with Crippen LogP contribution in [0.5, 0.6) is 0 Å². The third kappa shape index (κ3) is 4.34. The number of aryl methyl sites for hydroxylation is 1. The fourth-order valence-electron chi connectivity index (χ4n) is 4.46. The van der Waals surface area contributed by atoms with Crippen molar-refractivity contribution in [2.75, 3.05) is 38.2 Å². The van der Waals surface area contributed by atoms with Crippen LogP contribution in [0.3, 0.4) is 0 Å². The van der Waals surface area contributed by atoms with E-state index in [-0.39, 0.29) is 0 Å². The van der Waals surface area contributed by atoms with Crippen LogP contribution in [0, 0.1) is 0 Å². The Morgan fingerprint density at radius 1 is 1.06 bits per heavy atom. The molecule has 2 aromatic carbocycles. The summed E-state index contributed by atoms with van der Waals surface area (Å²) in [5.74, 6) is -2.74. The molecule has 2 atom stereocenters. The lowest BCUT2D eigenvalue weighted by molar-refractivity contribution is -0.141. The monoisotopic (exact) mass is 419 g/mol. The predicted molar refractivity (Wildman–Crippen MR) is 123 cm³/mol. The molecule has 1 aromatic heterocycles. The van der Waals surface area contributed by atoms with Gasteiger partial charge < -0.3 is 15.0 Å². The van der Waals surface area contributed by atoms with Crippen LogP contribution in [0.4, 0.5) is 10.1 Å². The van der Waals surface area contributed by atoms with E-state index < -0.39 is 11.8 Å². The second-order valence-corrected chi connectivity index (χ2v) is 7.88. The summed E-state index contributed by atoms with van der Waals surface area (Å²) < 4.78 is 22.5. The summed E-state index contributed by atoms with van der Waals surface area (Å²) in [5, 5.41) is 3.39. The van der Waals surface area contributed by atoms with Crippen LogP contribution in [0.25, 0.3) is 0 Å². The molecule has 1 aliphatic rings. The van der Waals surface area contributed by atoms with Crippen molar-refractivity contribution in [1.82, 2.24) is 10.3 Å². The van der Waals surface area contributed by atoms with Crippen molar-refractivity contribution in [3.8, 4) is 0 Å². The van der Waals surface area contributed by atoms with Gasteiger partial charge in [0.2, 0.25) is 5.85 Å². The molecule has 0 spiro atoms. The highest BCUT2D eigenvalue weighted by Gasteiger charge is 2.44. The Morgan fingerprint density at radius 2 is 1.81 bits per heavy atom. The van der Waals surface area contributed by atoms with Crippen molar-refractivity contribution in [2.24, 2.45) is 0 Å². The van der Waals surface area contributed by atoms with Crippen LogP contribution in [0.2, 0.25) is 0 Å². The fraction of sp³-hybridized carbons (Fsp3) is 0.346. The first-order valence-electron chi connectivity index (χ1n) is 11.0. The Hall–Kier alpha value is -2.76. The molecule has 2 unspecified atom stereocenters. The molecular formula is C26H30FN3O. The van der Waals surface area contributed by atoms with E-state index in [0.29, 0.717) is 11.3 Å². The highest BCUT2D eigenvalue weighted by atomic mass is 19.2. The average Bonchev–Trinajstić information content (AvgIpc) is 2.85. The van der Waals surface area contributed by atoms with Gasteiger partial charge >= 0.3 is 0 Å². The van der Waals surface area contributed by atoms with E-state index in [1.807, 2.05) is 66.7 Å². The number of aromatic nitrogens is 1. The van der Waals surface area contributed by atoms with Crippen molar-refractivity contribution in [1.29, 1.82) is 0 Å². The minimum Gasteiger partial charge on any atom is -0.369 e. The number of hydrogen-bond donors (Lipinski definition) is 1. The normalized spacial score (nSPS) is 17.2. The van der Waals surface area contributed by atoms with Crippen LogP contribution >= 0.6 is 0 Å². The van der Waals surface area contributed by atoms with Crippen LogP contribution in [-0.2, 0) is 17.0 Å². The van der Waals surface area contributed by atoms with Gasteiger partial charge in [0.1, 0.15) is 0 Å². The molecule has 1 saturated heterocycles. The maximum Gasteiger partial charge on any atom is 0.247 e. The minimum absolute atomic E-state index is 0.519. The van der Waals surface area contributed by atoms with Gasteiger partial charge in [0.25, 0.3) is 0 Å². The molecule has 1 N–H and O–H groups in total. The number of halogens is 1. The third-order valence-electron chi connectivity index (χ3n) is 6.10. The second kappa shape index (κ2) is 9.58. The van der Waals surface area contributed by atoms with E-state index in [4.69, 9.17) is 4.74 Å². The molecule has 4 rings (SSSR count). The Labute approximate surface area is 184 Å². The molecule has 1 fully saturated rings. The number of ether oxygens (including phenoxy) is 1. The topological polar surface area (TPSA) is 37.4 Å². The van der Waals surface area contributed by atoms with E-state index in [2.05, 4.69) is 22.1 Å². The molecule has 162 valence electrons. The quantitative estimate of drug-likeness (QED) is 0.605. The molecule has 1 aliphatic heterocycles. The van der Waals surface area contributed by atoms with Gasteiger partial charge in [-0.2, -0.15) is 0 Å². The van der Waals surface area contributed by atoms with Gasteiger partial charge in [0.15, 0.2) is 0 Å². The van der Waals surface area contributed by atoms with Gasteiger partial charge in [-0.25, -0.2) is 4.39 Å². The van der Waals surface area contributed by atoms with E-state index in [9.17, 15) is 0 Å². The molecule has 2 heterocycles. The highest BCUT2D eigenvalue weighted by Crippen LogP contribution is 2.45. The predicted octanol–water partition coefficient (Wildman–Crippen LogP) is 4.65. The van der Waals surface area contributed by atoms with Crippen LogP contribution in [-0.4, -0.2) is 38.3 Å². The van der Waals surface area contributed by atoms with Crippen molar-refractivity contribution >= 4 is 5.69 Å². The third-order valence-corrected chi connectivity index (χ3v) is 6.10. The van der Waals surface area contributed by atoms with Crippen molar-refractivity contribution < 1.29 is 9.13 Å². The van der Waals surface area contributed by atoms with E-state index >= 15 is 4.39 Å². The molecule has 0 aliphatic carbocycles. The smallest absolute Gasteiger partial charge is 0.247 e. The zero-order chi connectivity index (χ0) is 21.7. The number of anilines is 1. The highest BCUT2D eigenvalue weighted by molar-refractivity contribution is 5.56. The van der Waals surface area contributed by atoms with Gasteiger partial charge in [-0.15, -0.1) is 0 Å². The minimum atomic E-state index is -2.05. The Balaban J connectivity index is 1.80. The first-order valence-corrected chi connectivity index (χ1v) is 11.0. The number of pyridine rings is 1. The van der Waals surface area contributed by atoms with E-state index in [1.54, 1.807) is 6.20 Å². The van der Waals surface area contributed by atoms with E-state index in [0.717, 1.165) is 43.7 Å². The van der Waals surface area contributed by atoms with Gasteiger partial charge in [-0.05, 0) is 41.8 Å². The lowest BCUT2D eigenvalue weighted by Crippen LogP contribution is -2.44. The lowest BCUT2D eigenvalue weighted by atomic mass is 9.83. The molecule has 5 heteroatoms. The fourth-order valence-corrected chi connectivity index (χ4v) is 4.46. The van der Waals surface area contributed by atoms with Crippen LogP contribution in [0.1, 0.15) is 35.2 Å². The number of nitrogens with one attached hydrogen (secondary N) is 1. The van der Waals surface area contributed by atoms with Crippen LogP contribution < -0.4 is 10.2 Å². The second-order valence-electron chi connectivity index (χ2n) is 7.88. The van der Waals surface area contributed by atoms with Crippen LogP contribution in [0.15, 0.2) is 72.9 Å². The number of methoxy groups -OCH3 is 1. The SMILES string of the molecule is CCc1cc(C(F)(OC)C(c2ccccc2)c2ccccn2)ccc1N1CCNCC1. The summed E-state index contributed by atoms with van der Waals surface area (Å²) in [6, 6.07) is 21.1. The van der Waals surface area contributed by atoms with Crippen molar-refractivity contribution in [3.63, 3.8) is 0 Å². The average molecular weight is 420 g/mol. The summed E-state index contributed by atoms with van der Waals surface area (Å²) >= 11 is 0. The standard InChI is InChI=1S/C26H30FN3O/c1-3-20-19-22(12-13-24(20)30-17-15-28-16-18-30)26(27,31-2)25(21-9-5-4-6-10-21)23-11-7-8-14-29-23/h4-14,19,25,28H,3,15-18H2,1-2H3. The molecule has 0 saturated carbocycles. The molecule has 3 aromatic rings. The van der Waals surface area contributed by atoms with E-state index in [1.165, 1.54) is 12.8 Å². The molecule has 0 bridgehead atoms. The lowest BCUT2D eigenvalue weighted by Gasteiger charge is -2.35. The maximum absolute atomic E-state index is 16.9. The first-order chi connectivity index (χ1) is 15.2. The van der Waals surface area contributed by atoms with Gasteiger partial charge in [-0.1, -0.05) is 49.4 Å². The summed E-state index contributed by atoms with van der Waals surface area (Å²) in [6.45, 7) is 5.96. The number of nitrogens with zero attached hydrogens (tertiary/aromatic N) is 2. The largest absolute Gasteiger partial charge is 0.369 e. The number of piperazine rings is 1. The first kappa shape index (κ1) is 21.5. The zero-order valence-corrected chi connectivity index (χ0v) is 18.2. The Kier molecular flexibility index (Phi) is 6.64. The maximum atomic E-state index is 16.9. The van der Waals surface area contributed by atoms with Gasteiger partial charge in [0.05, 0.1) is 11.6 Å². The zero-order valence-electron chi connectivity index (χ0n) is 18.2.